The first-order valence-corrected chi connectivity index (χ1v) is 8.91. The summed E-state index contributed by atoms with van der Waals surface area (Å²) in [4.78, 5) is 2.84. The molecule has 0 bridgehead atoms. The molecule has 1 aromatic carbocycles. The molecule has 2 fully saturated rings. The molecule has 21 heavy (non-hydrogen) atoms. The van der Waals surface area contributed by atoms with Gasteiger partial charge >= 0.3 is 0 Å². The van der Waals surface area contributed by atoms with E-state index in [1.165, 1.54) is 50.6 Å². The summed E-state index contributed by atoms with van der Waals surface area (Å²) >= 11 is 0. The van der Waals surface area contributed by atoms with Crippen LogP contribution in [0.2, 0.25) is 0 Å². The van der Waals surface area contributed by atoms with Crippen molar-refractivity contribution >= 4 is 0 Å². The van der Waals surface area contributed by atoms with Gasteiger partial charge in [0, 0.05) is 18.6 Å². The molecule has 1 heterocycles. The predicted molar refractivity (Wildman–Crippen MR) is 89.4 cm³/mol. The van der Waals surface area contributed by atoms with Gasteiger partial charge in [-0.05, 0) is 50.3 Å². The van der Waals surface area contributed by atoms with Crippen LogP contribution in [0.5, 0.6) is 0 Å². The number of hydrogen-bond acceptors (Lipinski definition) is 2. The standard InChI is InChI=1S/C19H30N2/c1-2-20-15-19(17-9-4-3-5-10-17)21-14-8-12-16-11-6-7-13-18(16)21/h3-5,9-10,16,18-20H,2,6-8,11-15H2,1H3. The molecule has 1 aliphatic heterocycles. The highest BCUT2D eigenvalue weighted by Gasteiger charge is 2.36. The number of fused-ring (bicyclic) bond motifs is 1. The Kier molecular flexibility index (Phi) is 5.32. The molecule has 3 unspecified atom stereocenters. The van der Waals surface area contributed by atoms with Crippen LogP contribution in [0, 0.1) is 5.92 Å². The average Bonchev–Trinajstić information content (AvgIpc) is 2.56. The fourth-order valence-electron chi connectivity index (χ4n) is 4.43. The Morgan fingerprint density at radius 1 is 1.10 bits per heavy atom. The Hall–Kier alpha value is -0.860. The molecule has 1 N–H and O–H groups in total. The summed E-state index contributed by atoms with van der Waals surface area (Å²) in [5.74, 6) is 0.959. The van der Waals surface area contributed by atoms with Gasteiger partial charge in [-0.3, -0.25) is 4.90 Å². The molecule has 3 rings (SSSR count). The third-order valence-electron chi connectivity index (χ3n) is 5.46. The van der Waals surface area contributed by atoms with Crippen molar-refractivity contribution in [2.45, 2.75) is 57.5 Å². The zero-order valence-corrected chi connectivity index (χ0v) is 13.4. The van der Waals surface area contributed by atoms with Gasteiger partial charge in [-0.15, -0.1) is 0 Å². The third kappa shape index (κ3) is 3.49. The van der Waals surface area contributed by atoms with Gasteiger partial charge < -0.3 is 5.32 Å². The van der Waals surface area contributed by atoms with Crippen molar-refractivity contribution in [2.24, 2.45) is 5.92 Å². The van der Waals surface area contributed by atoms with Crippen molar-refractivity contribution < 1.29 is 0 Å². The molecule has 2 nitrogen and oxygen atoms in total. The van der Waals surface area contributed by atoms with Crippen LogP contribution in [0.15, 0.2) is 30.3 Å². The summed E-state index contributed by atoms with van der Waals surface area (Å²) in [6, 6.07) is 12.5. The molecule has 116 valence electrons. The van der Waals surface area contributed by atoms with E-state index in [1.54, 1.807) is 0 Å². The first-order chi connectivity index (χ1) is 10.4. The molecule has 3 atom stereocenters. The number of piperidine rings is 1. The van der Waals surface area contributed by atoms with Crippen LogP contribution in [-0.2, 0) is 0 Å². The number of benzene rings is 1. The second-order valence-corrected chi connectivity index (χ2v) is 6.73. The van der Waals surface area contributed by atoms with Crippen LogP contribution in [0.1, 0.15) is 57.1 Å². The van der Waals surface area contributed by atoms with Gasteiger partial charge in [-0.2, -0.15) is 0 Å². The minimum Gasteiger partial charge on any atom is -0.315 e. The molecule has 1 saturated carbocycles. The van der Waals surface area contributed by atoms with Crippen LogP contribution in [0.25, 0.3) is 0 Å². The molecular formula is C19H30N2. The normalized spacial score (nSPS) is 28.0. The van der Waals surface area contributed by atoms with E-state index in [0.717, 1.165) is 25.0 Å². The van der Waals surface area contributed by atoms with Crippen LogP contribution >= 0.6 is 0 Å². The molecule has 0 aromatic heterocycles. The summed E-state index contributed by atoms with van der Waals surface area (Å²) < 4.78 is 0. The van der Waals surface area contributed by atoms with Crippen LogP contribution in [0.4, 0.5) is 0 Å². The Morgan fingerprint density at radius 3 is 2.67 bits per heavy atom. The summed E-state index contributed by atoms with van der Waals surface area (Å²) in [7, 11) is 0. The van der Waals surface area contributed by atoms with Gasteiger partial charge in [0.15, 0.2) is 0 Å². The van der Waals surface area contributed by atoms with Crippen molar-refractivity contribution in [1.29, 1.82) is 0 Å². The highest BCUT2D eigenvalue weighted by molar-refractivity contribution is 5.20. The Labute approximate surface area is 129 Å². The quantitative estimate of drug-likeness (QED) is 0.880. The zero-order valence-electron chi connectivity index (χ0n) is 13.4. The van der Waals surface area contributed by atoms with E-state index < -0.39 is 0 Å². The first-order valence-electron chi connectivity index (χ1n) is 8.91. The van der Waals surface area contributed by atoms with Gasteiger partial charge in [0.2, 0.25) is 0 Å². The maximum Gasteiger partial charge on any atom is 0.0475 e. The number of rotatable bonds is 5. The predicted octanol–water partition coefficient (Wildman–Crippen LogP) is 3.99. The van der Waals surface area contributed by atoms with Crippen LogP contribution in [-0.4, -0.2) is 30.6 Å². The molecule has 0 radical (unpaired) electrons. The van der Waals surface area contributed by atoms with E-state index in [-0.39, 0.29) is 0 Å². The average molecular weight is 286 g/mol. The van der Waals surface area contributed by atoms with Crippen molar-refractivity contribution in [1.82, 2.24) is 10.2 Å². The topological polar surface area (TPSA) is 15.3 Å². The molecule has 1 saturated heterocycles. The smallest absolute Gasteiger partial charge is 0.0475 e. The van der Waals surface area contributed by atoms with E-state index in [1.807, 2.05) is 0 Å². The monoisotopic (exact) mass is 286 g/mol. The first kappa shape index (κ1) is 15.1. The molecule has 0 amide bonds. The molecule has 2 aliphatic rings. The Balaban J connectivity index is 1.80. The lowest BCUT2D eigenvalue weighted by Crippen LogP contribution is -2.50. The fourth-order valence-corrected chi connectivity index (χ4v) is 4.43. The zero-order chi connectivity index (χ0) is 14.5. The molecule has 2 heteroatoms. The summed E-state index contributed by atoms with van der Waals surface area (Å²) in [5, 5.41) is 3.60. The molecule has 0 spiro atoms. The van der Waals surface area contributed by atoms with Crippen molar-refractivity contribution in [2.75, 3.05) is 19.6 Å². The SMILES string of the molecule is CCNCC(c1ccccc1)N1CCCC2CCCCC21. The lowest BCUT2D eigenvalue weighted by molar-refractivity contribution is 0.0250. The summed E-state index contributed by atoms with van der Waals surface area (Å²) in [5.41, 5.74) is 1.49. The van der Waals surface area contributed by atoms with Gasteiger partial charge in [0.1, 0.15) is 0 Å². The minimum atomic E-state index is 0.553. The largest absolute Gasteiger partial charge is 0.315 e. The second-order valence-electron chi connectivity index (χ2n) is 6.73. The van der Waals surface area contributed by atoms with Gasteiger partial charge in [0.25, 0.3) is 0 Å². The summed E-state index contributed by atoms with van der Waals surface area (Å²) in [6.07, 6.45) is 8.61. The van der Waals surface area contributed by atoms with Crippen molar-refractivity contribution in [3.05, 3.63) is 35.9 Å². The Bertz CT molecular complexity index is 415. The number of likely N-dealkylation sites (N-methyl/N-ethyl adjacent to an activating group) is 1. The number of hydrogen-bond donors (Lipinski definition) is 1. The Morgan fingerprint density at radius 2 is 1.86 bits per heavy atom. The van der Waals surface area contributed by atoms with Crippen LogP contribution in [0.3, 0.4) is 0 Å². The van der Waals surface area contributed by atoms with E-state index in [4.69, 9.17) is 0 Å². The molecular weight excluding hydrogens is 256 g/mol. The third-order valence-corrected chi connectivity index (χ3v) is 5.46. The fraction of sp³-hybridized carbons (Fsp3) is 0.684. The lowest BCUT2D eigenvalue weighted by Gasteiger charge is -2.48. The minimum absolute atomic E-state index is 0.553. The highest BCUT2D eigenvalue weighted by Crippen LogP contribution is 2.39. The van der Waals surface area contributed by atoms with Gasteiger partial charge in [0.05, 0.1) is 0 Å². The number of nitrogens with one attached hydrogen (secondary N) is 1. The number of nitrogens with zero attached hydrogens (tertiary/aromatic N) is 1. The van der Waals surface area contributed by atoms with Gasteiger partial charge in [-0.25, -0.2) is 0 Å². The molecule has 1 aromatic rings. The summed E-state index contributed by atoms with van der Waals surface area (Å²) in [6.45, 7) is 5.64. The van der Waals surface area contributed by atoms with Crippen LogP contribution < -0.4 is 5.32 Å². The highest BCUT2D eigenvalue weighted by atomic mass is 15.2. The van der Waals surface area contributed by atoms with E-state index in [9.17, 15) is 0 Å². The van der Waals surface area contributed by atoms with Gasteiger partial charge in [-0.1, -0.05) is 50.1 Å². The van der Waals surface area contributed by atoms with E-state index in [0.29, 0.717) is 6.04 Å². The van der Waals surface area contributed by atoms with E-state index in [2.05, 4.69) is 47.5 Å². The van der Waals surface area contributed by atoms with Crippen molar-refractivity contribution in [3.63, 3.8) is 0 Å². The molecule has 1 aliphatic carbocycles. The maximum atomic E-state index is 3.60. The second kappa shape index (κ2) is 7.42. The number of likely N-dealkylation sites (tertiary alicyclic amines) is 1. The van der Waals surface area contributed by atoms with E-state index >= 15 is 0 Å². The maximum absolute atomic E-state index is 3.60. The lowest BCUT2D eigenvalue weighted by atomic mass is 9.77. The van der Waals surface area contributed by atoms with Crippen molar-refractivity contribution in [3.8, 4) is 0 Å².